The highest BCUT2D eigenvalue weighted by molar-refractivity contribution is 5.97. The number of hydrogen-bond acceptors (Lipinski definition) is 7. The Balaban J connectivity index is 2.34. The van der Waals surface area contributed by atoms with Crippen LogP contribution < -0.4 is 10.1 Å². The summed E-state index contributed by atoms with van der Waals surface area (Å²) in [5, 5.41) is 24.3. The first-order chi connectivity index (χ1) is 15.0. The number of anilines is 1. The largest absolute Gasteiger partial charge is 0.494 e. The quantitative estimate of drug-likeness (QED) is 0.349. The maximum absolute atomic E-state index is 13.2. The van der Waals surface area contributed by atoms with E-state index in [0.29, 0.717) is 32.5 Å². The Kier molecular flexibility index (Phi) is 8.25. The summed E-state index contributed by atoms with van der Waals surface area (Å²) in [7, 11) is 2.89. The highest BCUT2D eigenvalue weighted by Gasteiger charge is 2.37. The number of methoxy groups -OCH3 is 2. The second-order valence-corrected chi connectivity index (χ2v) is 8.62. The Bertz CT molecular complexity index is 853. The van der Waals surface area contributed by atoms with Gasteiger partial charge in [-0.25, -0.2) is 4.79 Å². The molecule has 32 heavy (non-hydrogen) atoms. The molecule has 1 aliphatic heterocycles. The minimum Gasteiger partial charge on any atom is -0.494 e. The van der Waals surface area contributed by atoms with Crippen molar-refractivity contribution in [2.45, 2.75) is 45.2 Å². The molecule has 1 fully saturated rings. The standard InChI is InChI=1S/C21H32N4O7/c1-21(2,3)24(20(27)28)15-7-6-9-23(13-15)19(26)14-11-16(25(29)30)18(17(12-14)32-5)22-8-10-31-4/h11-12,15,22H,6-10,13H2,1-5H3,(H,27,28)/t15-/m1/s1. The zero-order valence-electron chi connectivity index (χ0n) is 19.2. The molecule has 0 bridgehead atoms. The van der Waals surface area contributed by atoms with Gasteiger partial charge in [-0.05, 0) is 39.7 Å². The highest BCUT2D eigenvalue weighted by Crippen LogP contribution is 2.36. The van der Waals surface area contributed by atoms with E-state index in [0.717, 1.165) is 0 Å². The topological polar surface area (TPSA) is 134 Å². The van der Waals surface area contributed by atoms with Crippen LogP contribution in [0.25, 0.3) is 0 Å². The molecule has 178 valence electrons. The van der Waals surface area contributed by atoms with Gasteiger partial charge < -0.3 is 24.8 Å². The number of nitro benzene ring substituents is 1. The summed E-state index contributed by atoms with van der Waals surface area (Å²) in [6.07, 6.45) is 0.228. The van der Waals surface area contributed by atoms with Crippen LogP contribution in [0.2, 0.25) is 0 Å². The maximum atomic E-state index is 13.2. The van der Waals surface area contributed by atoms with Gasteiger partial charge in [-0.3, -0.25) is 19.8 Å². The summed E-state index contributed by atoms with van der Waals surface area (Å²) in [6.45, 7) is 6.75. The Morgan fingerprint density at radius 2 is 2.03 bits per heavy atom. The SMILES string of the molecule is COCCNc1c(OC)cc(C(=O)N2CCC[C@@H](N(C(=O)O)C(C)(C)C)C2)cc1[N+](=O)[O-]. The van der Waals surface area contributed by atoms with Gasteiger partial charge in [-0.15, -0.1) is 0 Å². The molecule has 2 amide bonds. The van der Waals surface area contributed by atoms with Gasteiger partial charge in [-0.2, -0.15) is 0 Å². The van der Waals surface area contributed by atoms with Crippen LogP contribution in [0.15, 0.2) is 12.1 Å². The first kappa shape index (κ1) is 25.2. The molecule has 0 spiro atoms. The zero-order chi connectivity index (χ0) is 24.1. The minimum atomic E-state index is -1.04. The van der Waals surface area contributed by atoms with Gasteiger partial charge in [0.2, 0.25) is 0 Å². The fraction of sp³-hybridized carbons (Fsp3) is 0.619. The second-order valence-electron chi connectivity index (χ2n) is 8.62. The number of carboxylic acid groups (broad SMARTS) is 1. The van der Waals surface area contributed by atoms with Crippen molar-refractivity contribution in [1.29, 1.82) is 0 Å². The molecule has 0 aliphatic carbocycles. The van der Waals surface area contributed by atoms with E-state index in [4.69, 9.17) is 9.47 Å². The molecule has 0 unspecified atom stereocenters. The number of nitrogens with zero attached hydrogens (tertiary/aromatic N) is 3. The summed E-state index contributed by atoms with van der Waals surface area (Å²) in [6, 6.07) is 2.33. The van der Waals surface area contributed by atoms with E-state index in [9.17, 15) is 24.8 Å². The van der Waals surface area contributed by atoms with Crippen molar-refractivity contribution in [3.63, 3.8) is 0 Å². The van der Waals surface area contributed by atoms with E-state index in [1.54, 1.807) is 4.90 Å². The number of rotatable bonds is 8. The predicted octanol–water partition coefficient (Wildman–Crippen LogP) is 3.04. The molecule has 1 aromatic carbocycles. The summed E-state index contributed by atoms with van der Waals surface area (Å²) < 4.78 is 10.3. The molecular formula is C21H32N4O7. The summed E-state index contributed by atoms with van der Waals surface area (Å²) in [5.74, 6) is -0.229. The third-order valence-corrected chi connectivity index (χ3v) is 5.33. The van der Waals surface area contributed by atoms with Gasteiger partial charge in [0.05, 0.1) is 30.2 Å². The fourth-order valence-electron chi connectivity index (χ4n) is 4.01. The Hall–Kier alpha value is -3.08. The fourth-order valence-corrected chi connectivity index (χ4v) is 4.01. The summed E-state index contributed by atoms with van der Waals surface area (Å²) in [4.78, 5) is 39.1. The van der Waals surface area contributed by atoms with Gasteiger partial charge in [0.1, 0.15) is 5.75 Å². The Morgan fingerprint density at radius 1 is 1.34 bits per heavy atom. The minimum absolute atomic E-state index is 0.115. The van der Waals surface area contributed by atoms with Crippen LogP contribution in [0.1, 0.15) is 44.0 Å². The third kappa shape index (κ3) is 5.78. The van der Waals surface area contributed by atoms with Crippen LogP contribution in [0.4, 0.5) is 16.2 Å². The first-order valence-corrected chi connectivity index (χ1v) is 10.4. The van der Waals surface area contributed by atoms with Crippen molar-refractivity contribution in [2.75, 3.05) is 45.8 Å². The van der Waals surface area contributed by atoms with Crippen LogP contribution in [0, 0.1) is 10.1 Å². The first-order valence-electron chi connectivity index (χ1n) is 10.4. The summed E-state index contributed by atoms with van der Waals surface area (Å²) in [5.41, 5.74) is -0.615. The van der Waals surface area contributed by atoms with Gasteiger partial charge in [-0.1, -0.05) is 0 Å². The third-order valence-electron chi connectivity index (χ3n) is 5.33. The number of likely N-dealkylation sites (tertiary alicyclic amines) is 1. The molecule has 1 aromatic rings. The zero-order valence-corrected chi connectivity index (χ0v) is 19.2. The molecule has 11 nitrogen and oxygen atoms in total. The summed E-state index contributed by atoms with van der Waals surface area (Å²) >= 11 is 0. The smallest absolute Gasteiger partial charge is 0.408 e. The van der Waals surface area contributed by atoms with Crippen LogP contribution >= 0.6 is 0 Å². The van der Waals surface area contributed by atoms with Crippen LogP contribution in [0.5, 0.6) is 5.75 Å². The Morgan fingerprint density at radius 3 is 2.56 bits per heavy atom. The van der Waals surface area contributed by atoms with E-state index in [1.807, 2.05) is 20.8 Å². The van der Waals surface area contributed by atoms with E-state index in [2.05, 4.69) is 5.32 Å². The van der Waals surface area contributed by atoms with Crippen molar-refractivity contribution in [3.8, 4) is 5.75 Å². The number of nitro groups is 1. The molecular weight excluding hydrogens is 420 g/mol. The number of hydrogen-bond donors (Lipinski definition) is 2. The number of amides is 2. The van der Waals surface area contributed by atoms with Gasteiger partial charge in [0.15, 0.2) is 5.69 Å². The van der Waals surface area contributed by atoms with Gasteiger partial charge in [0.25, 0.3) is 11.6 Å². The Labute approximate surface area is 187 Å². The molecule has 1 saturated heterocycles. The lowest BCUT2D eigenvalue weighted by Crippen LogP contribution is -2.57. The molecule has 11 heteroatoms. The lowest BCUT2D eigenvalue weighted by Gasteiger charge is -2.44. The van der Waals surface area contributed by atoms with Crippen LogP contribution in [-0.2, 0) is 4.74 Å². The van der Waals surface area contributed by atoms with Crippen molar-refractivity contribution in [1.82, 2.24) is 9.80 Å². The molecule has 1 heterocycles. The normalized spacial score (nSPS) is 16.4. The number of carbonyl (C=O) groups excluding carboxylic acids is 1. The monoisotopic (exact) mass is 452 g/mol. The number of piperidine rings is 1. The number of ether oxygens (including phenoxy) is 2. The molecule has 1 aliphatic rings. The van der Waals surface area contributed by atoms with Crippen molar-refractivity contribution in [3.05, 3.63) is 27.8 Å². The van der Waals surface area contributed by atoms with Crippen LogP contribution in [-0.4, -0.2) is 83.9 Å². The molecule has 0 saturated carbocycles. The van der Waals surface area contributed by atoms with Gasteiger partial charge >= 0.3 is 6.09 Å². The van der Waals surface area contributed by atoms with E-state index in [1.165, 1.54) is 31.3 Å². The number of benzene rings is 1. The van der Waals surface area contributed by atoms with E-state index >= 15 is 0 Å². The maximum Gasteiger partial charge on any atom is 0.408 e. The predicted molar refractivity (Wildman–Crippen MR) is 119 cm³/mol. The molecule has 0 radical (unpaired) electrons. The van der Waals surface area contributed by atoms with Crippen molar-refractivity contribution in [2.24, 2.45) is 0 Å². The van der Waals surface area contributed by atoms with Crippen LogP contribution in [0.3, 0.4) is 0 Å². The molecule has 1 atom stereocenters. The second kappa shape index (κ2) is 10.5. The van der Waals surface area contributed by atoms with Gasteiger partial charge in [0, 0.05) is 38.3 Å². The van der Waals surface area contributed by atoms with Crippen molar-refractivity contribution < 1.29 is 29.1 Å². The molecule has 2 N–H and O–H groups in total. The number of nitrogens with one attached hydrogen (secondary N) is 1. The van der Waals surface area contributed by atoms with E-state index in [-0.39, 0.29) is 35.3 Å². The lowest BCUT2D eigenvalue weighted by molar-refractivity contribution is -0.384. The van der Waals surface area contributed by atoms with Crippen molar-refractivity contribution >= 4 is 23.4 Å². The van der Waals surface area contributed by atoms with E-state index < -0.39 is 22.5 Å². The number of carbonyl (C=O) groups is 2. The highest BCUT2D eigenvalue weighted by atomic mass is 16.6. The molecule has 0 aromatic heterocycles. The molecule has 2 rings (SSSR count). The average Bonchev–Trinajstić information content (AvgIpc) is 2.72. The lowest BCUT2D eigenvalue weighted by atomic mass is 9.97. The average molecular weight is 453 g/mol.